The van der Waals surface area contributed by atoms with Crippen molar-refractivity contribution in [2.45, 2.75) is 650 Å². The van der Waals surface area contributed by atoms with Crippen molar-refractivity contribution < 1.29 is 105 Å². The molecule has 774 valence electrons. The number of carboxylic acids is 7. The number of hydrogen-bond donors (Lipinski definition) is 14. The SMILES string of the molecule is CCCCCCCCCCC(O)C(=O)O.CCCCCCCCCCCCC(O)C(=O)O.CCCCCCCCCCCCC(O)C(=O)O.CCCCCCCCCCCCCCC(O)C(=O)O.CCCCCCCCCCCCCCC(O)C(=O)O.CCCCCCCCCCCCCCCCC(O)C(=O)O.CCCCCCCCCCCCCCCCC(O)C(=O)O. The van der Waals surface area contributed by atoms with Gasteiger partial charge in [0, 0.05) is 0 Å². The highest BCUT2D eigenvalue weighted by Crippen LogP contribution is 2.21. The highest BCUT2D eigenvalue weighted by Gasteiger charge is 2.17. The van der Waals surface area contributed by atoms with E-state index in [9.17, 15) is 33.6 Å². The highest BCUT2D eigenvalue weighted by atomic mass is 16.4. The minimum Gasteiger partial charge on any atom is -0.479 e. The Hall–Kier alpha value is -3.99. The highest BCUT2D eigenvalue weighted by molar-refractivity contribution is 5.73. The largest absolute Gasteiger partial charge is 0.479 e. The van der Waals surface area contributed by atoms with E-state index in [2.05, 4.69) is 48.5 Å². The molecule has 0 aliphatic carbocycles. The van der Waals surface area contributed by atoms with Gasteiger partial charge in [-0.15, -0.1) is 0 Å². The summed E-state index contributed by atoms with van der Waals surface area (Å²) >= 11 is 0. The topological polar surface area (TPSA) is 403 Å². The fourth-order valence-corrected chi connectivity index (χ4v) is 15.4. The Morgan fingerprint density at radius 3 is 0.225 bits per heavy atom. The Morgan fingerprint density at radius 2 is 0.171 bits per heavy atom. The van der Waals surface area contributed by atoms with Crippen molar-refractivity contribution in [1.29, 1.82) is 0 Å². The third kappa shape index (κ3) is 133. The lowest BCUT2D eigenvalue weighted by molar-refractivity contribution is -0.147. The minimum atomic E-state index is -1.16. The smallest absolute Gasteiger partial charge is 0.332 e. The molecule has 7 atom stereocenters. The van der Waals surface area contributed by atoms with Gasteiger partial charge in [0.25, 0.3) is 0 Å². The third-order valence-corrected chi connectivity index (χ3v) is 24.3. The van der Waals surface area contributed by atoms with Gasteiger partial charge in [-0.3, -0.25) is 0 Å². The summed E-state index contributed by atoms with van der Waals surface area (Å²) in [6.45, 7) is 15.7. The van der Waals surface area contributed by atoms with Crippen LogP contribution >= 0.6 is 0 Å². The number of aliphatic hydroxyl groups excluding tert-OH is 7. The zero-order valence-corrected chi connectivity index (χ0v) is 85.2. The van der Waals surface area contributed by atoms with Gasteiger partial charge in [-0.2, -0.15) is 0 Å². The van der Waals surface area contributed by atoms with Gasteiger partial charge in [0.05, 0.1) is 0 Å². The zero-order chi connectivity index (χ0) is 97.6. The molecule has 21 heteroatoms. The van der Waals surface area contributed by atoms with Crippen molar-refractivity contribution in [3.8, 4) is 0 Å². The van der Waals surface area contributed by atoms with Crippen LogP contribution in [0.3, 0.4) is 0 Å². The molecule has 129 heavy (non-hydrogen) atoms. The standard InChI is InChI=1S/2C18H36O3.2C16H32O3.2C14H28O3.C12H24O3/c2*1-2-3-4-5-6-7-8-9-10-11-12-13-14-15-16-17(19)18(20)21;2*1-2-3-4-5-6-7-8-9-10-11-12-13-14-15(17)16(18)19;2*1-2-3-4-5-6-7-8-9-10-11-12-13(15)14(16)17;1-2-3-4-5-6-7-8-9-10-11(13)12(14)15/h2*17,19H,2-16H2,1H3,(H,20,21);2*15,17H,2-14H2,1H3,(H,18,19);2*13,15H,2-12H2,1H3,(H,16,17);11,13H,2-10H2,1H3,(H,14,15). The predicted molar refractivity (Wildman–Crippen MR) is 537 cm³/mol. The minimum absolute atomic E-state index is 0.393. The third-order valence-electron chi connectivity index (χ3n) is 24.3. The molecule has 0 aliphatic heterocycles. The molecule has 0 bridgehead atoms. The van der Waals surface area contributed by atoms with Crippen LogP contribution in [0, 0.1) is 0 Å². The number of carboxylic acid groups (broad SMARTS) is 7. The molecule has 0 heterocycles. The van der Waals surface area contributed by atoms with Crippen LogP contribution in [0.5, 0.6) is 0 Å². The first-order chi connectivity index (χ1) is 62.3. The van der Waals surface area contributed by atoms with E-state index in [1.54, 1.807) is 0 Å². The Morgan fingerprint density at radius 1 is 0.116 bits per heavy atom. The van der Waals surface area contributed by atoms with E-state index in [0.29, 0.717) is 44.9 Å². The van der Waals surface area contributed by atoms with Crippen LogP contribution < -0.4 is 0 Å². The monoisotopic (exact) mass is 1850 g/mol. The van der Waals surface area contributed by atoms with Crippen molar-refractivity contribution in [1.82, 2.24) is 0 Å². The first-order valence-corrected chi connectivity index (χ1v) is 54.6. The van der Waals surface area contributed by atoms with Gasteiger partial charge in [-0.05, 0) is 44.9 Å². The lowest BCUT2D eigenvalue weighted by Crippen LogP contribution is -2.18. The van der Waals surface area contributed by atoms with Crippen molar-refractivity contribution in [3.63, 3.8) is 0 Å². The van der Waals surface area contributed by atoms with E-state index in [-0.39, 0.29) is 0 Å². The molecule has 0 saturated carbocycles. The van der Waals surface area contributed by atoms with Crippen LogP contribution in [0.25, 0.3) is 0 Å². The summed E-state index contributed by atoms with van der Waals surface area (Å²) in [4.78, 5) is 72.6. The van der Waals surface area contributed by atoms with Crippen LogP contribution in [-0.2, 0) is 33.6 Å². The molecule has 7 unspecified atom stereocenters. The van der Waals surface area contributed by atoms with Crippen molar-refractivity contribution in [2.75, 3.05) is 0 Å². The fourth-order valence-electron chi connectivity index (χ4n) is 15.4. The molecule has 0 aromatic heterocycles. The second kappa shape index (κ2) is 120. The molecule has 21 nitrogen and oxygen atoms in total. The van der Waals surface area contributed by atoms with Gasteiger partial charge in [-0.1, -0.05) is 562 Å². The fraction of sp³-hybridized carbons (Fsp3) is 0.935. The Labute approximate surface area is 792 Å². The maximum Gasteiger partial charge on any atom is 0.332 e. The normalized spacial score (nSPS) is 12.5. The molecule has 0 aromatic carbocycles. The number of aliphatic carboxylic acids is 7. The summed E-state index contributed by atoms with van der Waals surface area (Å²) in [7, 11) is 0. The molecule has 0 aliphatic rings. The molecule has 14 N–H and O–H groups in total. The second-order valence-electron chi connectivity index (χ2n) is 37.3. The first-order valence-electron chi connectivity index (χ1n) is 54.6. The van der Waals surface area contributed by atoms with Crippen LogP contribution in [0.2, 0.25) is 0 Å². The lowest BCUT2D eigenvalue weighted by atomic mass is 10.0. The molecule has 0 saturated heterocycles. The van der Waals surface area contributed by atoms with E-state index >= 15 is 0 Å². The molecular weight excluding hydrogens is 1630 g/mol. The van der Waals surface area contributed by atoms with Gasteiger partial charge in [0.1, 0.15) is 0 Å². The summed E-state index contributed by atoms with van der Waals surface area (Å²) < 4.78 is 0. The van der Waals surface area contributed by atoms with Crippen LogP contribution in [-0.4, -0.2) is 156 Å². The number of aliphatic hydroxyl groups is 7. The van der Waals surface area contributed by atoms with Crippen LogP contribution in [0.15, 0.2) is 0 Å². The number of carbonyl (C=O) groups is 7. The van der Waals surface area contributed by atoms with Gasteiger partial charge in [0.15, 0.2) is 42.7 Å². The van der Waals surface area contributed by atoms with Crippen molar-refractivity contribution >= 4 is 41.8 Å². The van der Waals surface area contributed by atoms with Gasteiger partial charge in [-0.25, -0.2) is 33.6 Å². The summed E-state index contributed by atoms with van der Waals surface area (Å²) in [5.74, 6) is -7.67. The molecule has 0 aromatic rings. The Bertz CT molecular complexity index is 2090. The summed E-state index contributed by atoms with van der Waals surface area (Å²) in [5.41, 5.74) is 0. The van der Waals surface area contributed by atoms with Crippen molar-refractivity contribution in [3.05, 3.63) is 0 Å². The summed E-state index contributed by atoms with van der Waals surface area (Å²) in [6.07, 6.45) is 95.0. The molecule has 0 fully saturated rings. The predicted octanol–water partition coefficient (Wildman–Crippen LogP) is 30.1. The number of unbranched alkanes of at least 4 members (excludes halogenated alkanes) is 73. The average Bonchev–Trinajstić information content (AvgIpc) is 1.04. The van der Waals surface area contributed by atoms with E-state index < -0.39 is 84.5 Å². The maximum absolute atomic E-state index is 10.4. The van der Waals surface area contributed by atoms with E-state index in [0.717, 1.165) is 96.3 Å². The Balaban J connectivity index is -0.000000270. The van der Waals surface area contributed by atoms with Crippen LogP contribution in [0.1, 0.15) is 607 Å². The first kappa shape index (κ1) is 138. The van der Waals surface area contributed by atoms with Gasteiger partial charge < -0.3 is 71.5 Å². The quantitative estimate of drug-likeness (QED) is 0.0252. The van der Waals surface area contributed by atoms with Gasteiger partial charge >= 0.3 is 41.8 Å². The average molecular weight is 1850 g/mol. The summed E-state index contributed by atoms with van der Waals surface area (Å²) in [6, 6.07) is 0. The maximum atomic E-state index is 10.4. The van der Waals surface area contributed by atoms with E-state index in [4.69, 9.17) is 71.5 Å². The Kier molecular flexibility index (Phi) is 128. The molecular formula is C108H216O21. The number of hydrogen-bond acceptors (Lipinski definition) is 14. The van der Waals surface area contributed by atoms with Gasteiger partial charge in [0.2, 0.25) is 0 Å². The van der Waals surface area contributed by atoms with Crippen LogP contribution in [0.4, 0.5) is 0 Å². The molecule has 0 radical (unpaired) electrons. The zero-order valence-electron chi connectivity index (χ0n) is 85.2. The van der Waals surface area contributed by atoms with E-state index in [1.807, 2.05) is 0 Å². The molecule has 0 rings (SSSR count). The molecule has 0 spiro atoms. The van der Waals surface area contributed by atoms with E-state index in [1.165, 1.54) is 417 Å². The van der Waals surface area contributed by atoms with Crippen molar-refractivity contribution in [2.24, 2.45) is 0 Å². The number of rotatable bonds is 94. The second-order valence-corrected chi connectivity index (χ2v) is 37.3. The molecule has 0 amide bonds. The lowest BCUT2D eigenvalue weighted by Gasteiger charge is -2.05. The summed E-state index contributed by atoms with van der Waals surface area (Å²) in [5, 5.41) is 123.